The maximum absolute atomic E-state index is 2.75. The molecule has 1 aliphatic heterocycles. The van der Waals surface area contributed by atoms with E-state index in [1.54, 1.807) is 0 Å². The summed E-state index contributed by atoms with van der Waals surface area (Å²) in [5.74, 6) is 0.935. The van der Waals surface area contributed by atoms with Crippen LogP contribution in [0.5, 0.6) is 0 Å². The van der Waals surface area contributed by atoms with Crippen LogP contribution in [0.15, 0.2) is 0 Å². The van der Waals surface area contributed by atoms with Gasteiger partial charge in [-0.2, -0.15) is 0 Å². The molecule has 2 fully saturated rings. The second kappa shape index (κ2) is 7.00. The summed E-state index contributed by atoms with van der Waals surface area (Å²) in [6.07, 6.45) is 8.44. The van der Waals surface area contributed by atoms with E-state index in [-0.39, 0.29) is 0 Å². The van der Waals surface area contributed by atoms with Gasteiger partial charge < -0.3 is 9.80 Å². The Hall–Kier alpha value is -0.0800. The number of hydrogen-bond donors (Lipinski definition) is 0. The van der Waals surface area contributed by atoms with Gasteiger partial charge in [-0.3, -0.25) is 0 Å². The fourth-order valence-corrected chi connectivity index (χ4v) is 4.46. The summed E-state index contributed by atoms with van der Waals surface area (Å²) >= 11 is 0. The number of hydrogen-bond acceptors (Lipinski definition) is 2. The molecule has 124 valence electrons. The van der Waals surface area contributed by atoms with E-state index in [4.69, 9.17) is 0 Å². The number of nitrogens with zero attached hydrogens (tertiary/aromatic N) is 2. The van der Waals surface area contributed by atoms with Crippen LogP contribution in [-0.2, 0) is 0 Å². The van der Waals surface area contributed by atoms with Crippen LogP contribution in [0.25, 0.3) is 0 Å². The fraction of sp³-hybridized carbons (Fsp3) is 1.00. The van der Waals surface area contributed by atoms with Crippen molar-refractivity contribution >= 4 is 0 Å². The van der Waals surface area contributed by atoms with Crippen LogP contribution in [0.3, 0.4) is 0 Å². The maximum Gasteiger partial charge on any atom is 0.0119 e. The van der Waals surface area contributed by atoms with Gasteiger partial charge in [0.15, 0.2) is 0 Å². The summed E-state index contributed by atoms with van der Waals surface area (Å²) in [4.78, 5) is 5.39. The molecule has 2 heteroatoms. The Morgan fingerprint density at radius 1 is 0.857 bits per heavy atom. The van der Waals surface area contributed by atoms with Crippen molar-refractivity contribution in [1.29, 1.82) is 0 Å². The van der Waals surface area contributed by atoms with Crippen LogP contribution in [0.2, 0.25) is 0 Å². The molecule has 0 bridgehead atoms. The number of piperidine rings is 1. The first kappa shape index (κ1) is 17.3. The molecule has 1 saturated heterocycles. The molecule has 1 saturated carbocycles. The minimum absolute atomic E-state index is 0.506. The quantitative estimate of drug-likeness (QED) is 0.761. The Balaban J connectivity index is 1.79. The van der Waals surface area contributed by atoms with E-state index in [0.717, 1.165) is 24.0 Å². The SMILES string of the molecule is CC(C)N1CCC(N(C)[C@H]2CC[C@H](C(C)(C)C)CC2)CC1. The summed E-state index contributed by atoms with van der Waals surface area (Å²) in [5, 5.41) is 0. The molecule has 0 aromatic rings. The fourth-order valence-electron chi connectivity index (χ4n) is 4.46. The van der Waals surface area contributed by atoms with Gasteiger partial charge >= 0.3 is 0 Å². The highest BCUT2D eigenvalue weighted by Gasteiger charge is 2.33. The smallest absolute Gasteiger partial charge is 0.0119 e. The largest absolute Gasteiger partial charge is 0.301 e. The lowest BCUT2D eigenvalue weighted by molar-refractivity contribution is 0.0495. The lowest BCUT2D eigenvalue weighted by atomic mass is 9.71. The molecule has 0 spiro atoms. The van der Waals surface area contributed by atoms with Gasteiger partial charge in [-0.05, 0) is 83.8 Å². The molecular weight excluding hydrogens is 256 g/mol. The third-order valence-electron chi connectivity index (χ3n) is 6.30. The predicted octanol–water partition coefficient (Wildman–Crippen LogP) is 4.40. The van der Waals surface area contributed by atoms with Gasteiger partial charge in [0.1, 0.15) is 0 Å². The highest BCUT2D eigenvalue weighted by molar-refractivity contribution is 4.88. The summed E-state index contributed by atoms with van der Waals surface area (Å²) in [5.41, 5.74) is 0.506. The van der Waals surface area contributed by atoms with Gasteiger partial charge in [-0.15, -0.1) is 0 Å². The van der Waals surface area contributed by atoms with Crippen LogP contribution in [0, 0.1) is 11.3 Å². The summed E-state index contributed by atoms with van der Waals surface area (Å²) in [6, 6.07) is 2.40. The van der Waals surface area contributed by atoms with E-state index >= 15 is 0 Å². The van der Waals surface area contributed by atoms with Gasteiger partial charge in [-0.1, -0.05) is 20.8 Å². The van der Waals surface area contributed by atoms with Crippen LogP contribution in [0.1, 0.15) is 73.1 Å². The monoisotopic (exact) mass is 294 g/mol. The van der Waals surface area contributed by atoms with E-state index in [2.05, 4.69) is 51.5 Å². The molecule has 2 nitrogen and oxygen atoms in total. The average molecular weight is 295 g/mol. The topological polar surface area (TPSA) is 6.48 Å². The van der Waals surface area contributed by atoms with Crippen molar-refractivity contribution < 1.29 is 0 Å². The normalized spacial score (nSPS) is 30.3. The molecule has 0 aromatic heterocycles. The van der Waals surface area contributed by atoms with Crippen LogP contribution < -0.4 is 0 Å². The Kier molecular flexibility index (Phi) is 5.76. The first-order valence-corrected chi connectivity index (χ1v) is 9.25. The average Bonchev–Trinajstić information content (AvgIpc) is 2.46. The Morgan fingerprint density at radius 2 is 1.33 bits per heavy atom. The second-order valence-corrected chi connectivity index (χ2v) is 8.90. The first-order chi connectivity index (χ1) is 9.79. The van der Waals surface area contributed by atoms with Crippen molar-refractivity contribution in [2.24, 2.45) is 11.3 Å². The molecule has 0 atom stereocenters. The van der Waals surface area contributed by atoms with Gasteiger partial charge in [0.2, 0.25) is 0 Å². The van der Waals surface area contributed by atoms with Crippen molar-refractivity contribution in [1.82, 2.24) is 9.80 Å². The summed E-state index contributed by atoms with van der Waals surface area (Å²) in [7, 11) is 2.40. The molecule has 1 heterocycles. The van der Waals surface area contributed by atoms with E-state index in [1.165, 1.54) is 51.6 Å². The molecule has 0 amide bonds. The minimum atomic E-state index is 0.506. The van der Waals surface area contributed by atoms with Crippen LogP contribution in [0.4, 0.5) is 0 Å². The van der Waals surface area contributed by atoms with Crippen LogP contribution in [-0.4, -0.2) is 48.1 Å². The molecule has 0 N–H and O–H groups in total. The Morgan fingerprint density at radius 3 is 1.76 bits per heavy atom. The lowest BCUT2D eigenvalue weighted by Crippen LogP contribution is -2.49. The third kappa shape index (κ3) is 4.45. The first-order valence-electron chi connectivity index (χ1n) is 9.25. The van der Waals surface area contributed by atoms with Crippen molar-refractivity contribution in [2.45, 2.75) is 91.3 Å². The van der Waals surface area contributed by atoms with E-state index in [1.807, 2.05) is 0 Å². The van der Waals surface area contributed by atoms with Crippen molar-refractivity contribution in [3.63, 3.8) is 0 Å². The highest BCUT2D eigenvalue weighted by Crippen LogP contribution is 2.39. The Labute approximate surface area is 133 Å². The van der Waals surface area contributed by atoms with Gasteiger partial charge in [0.05, 0.1) is 0 Å². The molecule has 0 aromatic carbocycles. The lowest BCUT2D eigenvalue weighted by Gasteiger charge is -2.45. The van der Waals surface area contributed by atoms with Crippen LogP contribution >= 0.6 is 0 Å². The third-order valence-corrected chi connectivity index (χ3v) is 6.30. The molecule has 21 heavy (non-hydrogen) atoms. The van der Waals surface area contributed by atoms with Crippen molar-refractivity contribution in [3.8, 4) is 0 Å². The molecule has 0 unspecified atom stereocenters. The van der Waals surface area contributed by atoms with Gasteiger partial charge in [0.25, 0.3) is 0 Å². The molecule has 1 aliphatic carbocycles. The van der Waals surface area contributed by atoms with E-state index < -0.39 is 0 Å². The molecular formula is C19H38N2. The number of likely N-dealkylation sites (tertiary alicyclic amines) is 1. The number of rotatable bonds is 3. The zero-order valence-electron chi connectivity index (χ0n) is 15.4. The highest BCUT2D eigenvalue weighted by atomic mass is 15.2. The Bertz CT molecular complexity index is 302. The molecule has 2 rings (SSSR count). The van der Waals surface area contributed by atoms with Crippen molar-refractivity contribution in [2.75, 3.05) is 20.1 Å². The zero-order chi connectivity index (χ0) is 15.6. The predicted molar refractivity (Wildman–Crippen MR) is 92.7 cm³/mol. The summed E-state index contributed by atoms with van der Waals surface area (Å²) in [6.45, 7) is 14.5. The zero-order valence-corrected chi connectivity index (χ0v) is 15.4. The van der Waals surface area contributed by atoms with Gasteiger partial charge in [0, 0.05) is 18.1 Å². The maximum atomic E-state index is 2.75. The van der Waals surface area contributed by atoms with Crippen molar-refractivity contribution in [3.05, 3.63) is 0 Å². The standard InChI is InChI=1S/C19H38N2/c1-15(2)21-13-11-18(12-14-21)20(6)17-9-7-16(8-10-17)19(3,4)5/h15-18H,7-14H2,1-6H3/t16-,17-. The summed E-state index contributed by atoms with van der Waals surface area (Å²) < 4.78 is 0. The molecule has 2 aliphatic rings. The van der Waals surface area contributed by atoms with E-state index in [0.29, 0.717) is 5.41 Å². The van der Waals surface area contributed by atoms with Gasteiger partial charge in [-0.25, -0.2) is 0 Å². The van der Waals surface area contributed by atoms with E-state index in [9.17, 15) is 0 Å². The second-order valence-electron chi connectivity index (χ2n) is 8.90. The minimum Gasteiger partial charge on any atom is -0.301 e. The molecule has 0 radical (unpaired) electrons.